The fourth-order valence-corrected chi connectivity index (χ4v) is 1.75. The van der Waals surface area contributed by atoms with Crippen LogP contribution in [0.4, 0.5) is 10.1 Å². The average Bonchev–Trinajstić information content (AvgIpc) is 2.38. The van der Waals surface area contributed by atoms with E-state index in [1.54, 1.807) is 30.5 Å². The Morgan fingerprint density at radius 1 is 1.20 bits per heavy atom. The molecule has 20 heavy (non-hydrogen) atoms. The predicted molar refractivity (Wildman–Crippen MR) is 77.3 cm³/mol. The van der Waals surface area contributed by atoms with Crippen molar-refractivity contribution in [1.82, 2.24) is 4.98 Å². The maximum absolute atomic E-state index is 13.1. The molecule has 0 aliphatic rings. The van der Waals surface area contributed by atoms with E-state index < -0.39 is 0 Å². The summed E-state index contributed by atoms with van der Waals surface area (Å²) in [6, 6.07) is 9.22. The third kappa shape index (κ3) is 3.41. The summed E-state index contributed by atoms with van der Waals surface area (Å²) in [5.41, 5.74) is 1.65. The van der Waals surface area contributed by atoms with Gasteiger partial charge in [0.05, 0.1) is 0 Å². The molecule has 0 aliphatic carbocycles. The zero-order valence-electron chi connectivity index (χ0n) is 11.8. The minimum Gasteiger partial charge on any atom is -0.322 e. The van der Waals surface area contributed by atoms with Crippen molar-refractivity contribution in [1.29, 1.82) is 0 Å². The Balaban J connectivity index is 2.22. The lowest BCUT2D eigenvalue weighted by molar-refractivity contribution is 0.102. The summed E-state index contributed by atoms with van der Waals surface area (Å²) in [5.74, 6) is -0.656. The lowest BCUT2D eigenvalue weighted by atomic mass is 9.91. The van der Waals surface area contributed by atoms with E-state index in [2.05, 4.69) is 10.3 Å². The average molecular weight is 272 g/mol. The number of anilines is 1. The minimum atomic E-state index is -0.382. The van der Waals surface area contributed by atoms with Crippen LogP contribution in [0.1, 0.15) is 36.8 Å². The molecule has 0 spiro atoms. The number of carbonyl (C=O) groups is 1. The molecule has 1 N–H and O–H groups in total. The molecule has 0 saturated heterocycles. The van der Waals surface area contributed by atoms with E-state index in [0.717, 1.165) is 5.69 Å². The topological polar surface area (TPSA) is 42.0 Å². The summed E-state index contributed by atoms with van der Waals surface area (Å²) in [6.07, 6.45) is 1.61. The third-order valence-corrected chi connectivity index (χ3v) is 2.87. The number of rotatable bonds is 2. The van der Waals surface area contributed by atoms with Crippen LogP contribution in [0.2, 0.25) is 0 Å². The van der Waals surface area contributed by atoms with Gasteiger partial charge in [-0.05, 0) is 30.3 Å². The lowest BCUT2D eigenvalue weighted by Crippen LogP contribution is -2.17. The van der Waals surface area contributed by atoms with Crippen LogP contribution in [-0.4, -0.2) is 10.9 Å². The Morgan fingerprint density at radius 3 is 2.60 bits per heavy atom. The molecule has 0 atom stereocenters. The molecule has 0 fully saturated rings. The van der Waals surface area contributed by atoms with Gasteiger partial charge in [0.1, 0.15) is 5.82 Å². The first kappa shape index (κ1) is 14.2. The number of carbonyl (C=O) groups excluding carboxylic acids is 1. The zero-order valence-corrected chi connectivity index (χ0v) is 11.8. The van der Waals surface area contributed by atoms with Crippen LogP contribution in [0.5, 0.6) is 0 Å². The number of aromatic nitrogens is 1. The lowest BCUT2D eigenvalue weighted by Gasteiger charge is -2.18. The highest BCUT2D eigenvalue weighted by molar-refractivity contribution is 6.04. The van der Waals surface area contributed by atoms with Crippen LogP contribution in [-0.2, 0) is 5.41 Å². The van der Waals surface area contributed by atoms with Gasteiger partial charge in [-0.25, -0.2) is 4.39 Å². The predicted octanol–water partition coefficient (Wildman–Crippen LogP) is 3.77. The van der Waals surface area contributed by atoms with E-state index in [4.69, 9.17) is 0 Å². The summed E-state index contributed by atoms with van der Waals surface area (Å²) >= 11 is 0. The number of hydrogen-bond donors (Lipinski definition) is 1. The van der Waals surface area contributed by atoms with E-state index in [0.29, 0.717) is 11.3 Å². The monoisotopic (exact) mass is 272 g/mol. The highest BCUT2D eigenvalue weighted by Gasteiger charge is 2.17. The fraction of sp³-hybridized carbons (Fsp3) is 0.250. The van der Waals surface area contributed by atoms with Crippen molar-refractivity contribution in [3.63, 3.8) is 0 Å². The zero-order chi connectivity index (χ0) is 14.8. The second-order valence-corrected chi connectivity index (χ2v) is 5.64. The molecule has 1 aromatic carbocycles. The smallest absolute Gasteiger partial charge is 0.255 e. The van der Waals surface area contributed by atoms with Crippen molar-refractivity contribution in [2.45, 2.75) is 26.2 Å². The van der Waals surface area contributed by atoms with Crippen LogP contribution >= 0.6 is 0 Å². The molecule has 1 aromatic heterocycles. The molecule has 4 heteroatoms. The quantitative estimate of drug-likeness (QED) is 0.904. The van der Waals surface area contributed by atoms with Gasteiger partial charge in [-0.3, -0.25) is 9.78 Å². The van der Waals surface area contributed by atoms with Crippen molar-refractivity contribution in [2.24, 2.45) is 0 Å². The van der Waals surface area contributed by atoms with Crippen molar-refractivity contribution in [3.05, 3.63) is 59.7 Å². The summed E-state index contributed by atoms with van der Waals surface area (Å²) in [7, 11) is 0. The minimum absolute atomic E-state index is 0.130. The fourth-order valence-electron chi connectivity index (χ4n) is 1.75. The van der Waals surface area contributed by atoms with Crippen LogP contribution in [0.25, 0.3) is 0 Å². The van der Waals surface area contributed by atoms with Crippen molar-refractivity contribution < 1.29 is 9.18 Å². The van der Waals surface area contributed by atoms with E-state index in [-0.39, 0.29) is 17.1 Å². The van der Waals surface area contributed by atoms with Crippen LogP contribution < -0.4 is 5.32 Å². The molecule has 0 aliphatic heterocycles. The van der Waals surface area contributed by atoms with Gasteiger partial charge in [-0.2, -0.15) is 0 Å². The first-order valence-corrected chi connectivity index (χ1v) is 6.40. The van der Waals surface area contributed by atoms with Crippen LogP contribution in [0, 0.1) is 5.82 Å². The van der Waals surface area contributed by atoms with Crippen molar-refractivity contribution in [3.8, 4) is 0 Å². The molecular formula is C16H17FN2O. The Labute approximate surface area is 117 Å². The highest BCUT2D eigenvalue weighted by atomic mass is 19.1. The third-order valence-electron chi connectivity index (χ3n) is 2.87. The van der Waals surface area contributed by atoms with E-state index in [1.165, 1.54) is 12.1 Å². The van der Waals surface area contributed by atoms with Gasteiger partial charge < -0.3 is 5.32 Å². The SMILES string of the molecule is CC(C)(C)c1cc(C(=O)Nc2cccc(F)c2)ccn1. The van der Waals surface area contributed by atoms with Gasteiger partial charge in [0, 0.05) is 28.6 Å². The summed E-state index contributed by atoms with van der Waals surface area (Å²) in [6.45, 7) is 6.09. The standard InChI is InChI=1S/C16H17FN2O/c1-16(2,3)14-9-11(7-8-18-14)15(20)19-13-6-4-5-12(17)10-13/h4-10H,1-3H3,(H,19,20). The molecule has 3 nitrogen and oxygen atoms in total. The second kappa shape index (κ2) is 5.41. The summed E-state index contributed by atoms with van der Waals surface area (Å²) in [4.78, 5) is 16.4. The number of nitrogens with one attached hydrogen (secondary N) is 1. The van der Waals surface area contributed by atoms with E-state index in [9.17, 15) is 9.18 Å². The van der Waals surface area contributed by atoms with Gasteiger partial charge in [0.15, 0.2) is 0 Å². The van der Waals surface area contributed by atoms with E-state index >= 15 is 0 Å². The molecule has 0 saturated carbocycles. The Hall–Kier alpha value is -2.23. The van der Waals surface area contributed by atoms with Gasteiger partial charge in [0.25, 0.3) is 5.91 Å². The largest absolute Gasteiger partial charge is 0.322 e. The summed E-state index contributed by atoms with van der Waals surface area (Å²) in [5, 5.41) is 2.67. The number of hydrogen-bond acceptors (Lipinski definition) is 2. The van der Waals surface area contributed by atoms with Gasteiger partial charge in [-0.1, -0.05) is 26.8 Å². The first-order chi connectivity index (χ1) is 9.36. The molecule has 0 unspecified atom stereocenters. The van der Waals surface area contributed by atoms with Crippen LogP contribution in [0.3, 0.4) is 0 Å². The first-order valence-electron chi connectivity index (χ1n) is 6.40. The number of halogens is 1. The second-order valence-electron chi connectivity index (χ2n) is 5.64. The molecule has 2 aromatic rings. The number of pyridine rings is 1. The number of benzene rings is 1. The molecule has 0 bridgehead atoms. The highest BCUT2D eigenvalue weighted by Crippen LogP contribution is 2.21. The van der Waals surface area contributed by atoms with Crippen molar-refractivity contribution in [2.75, 3.05) is 5.32 Å². The maximum Gasteiger partial charge on any atom is 0.255 e. The summed E-state index contributed by atoms with van der Waals surface area (Å²) < 4.78 is 13.1. The van der Waals surface area contributed by atoms with Gasteiger partial charge in [0.2, 0.25) is 0 Å². The van der Waals surface area contributed by atoms with Crippen LogP contribution in [0.15, 0.2) is 42.6 Å². The molecule has 104 valence electrons. The molecular weight excluding hydrogens is 255 g/mol. The Morgan fingerprint density at radius 2 is 1.95 bits per heavy atom. The van der Waals surface area contributed by atoms with Gasteiger partial charge >= 0.3 is 0 Å². The molecule has 1 heterocycles. The molecule has 1 amide bonds. The Kier molecular flexibility index (Phi) is 3.84. The normalized spacial score (nSPS) is 11.2. The molecule has 2 rings (SSSR count). The molecule has 0 radical (unpaired) electrons. The maximum atomic E-state index is 13.1. The number of amides is 1. The Bertz CT molecular complexity index is 632. The van der Waals surface area contributed by atoms with Crippen molar-refractivity contribution >= 4 is 11.6 Å². The number of nitrogens with zero attached hydrogens (tertiary/aromatic N) is 1. The van der Waals surface area contributed by atoms with Gasteiger partial charge in [-0.15, -0.1) is 0 Å². The van der Waals surface area contributed by atoms with E-state index in [1.807, 2.05) is 20.8 Å².